The molecule has 0 aliphatic carbocycles. The van der Waals surface area contributed by atoms with Crippen LogP contribution in [0.1, 0.15) is 32.0 Å². The van der Waals surface area contributed by atoms with Crippen LogP contribution in [-0.4, -0.2) is 80.9 Å². The van der Waals surface area contributed by atoms with Gasteiger partial charge in [0.2, 0.25) is 5.60 Å². The number of oxime groups is 1. The van der Waals surface area contributed by atoms with Crippen molar-refractivity contribution in [2.75, 3.05) is 12.3 Å². The van der Waals surface area contributed by atoms with Crippen LogP contribution in [0.2, 0.25) is 0 Å². The molecule has 2 amide bonds. The van der Waals surface area contributed by atoms with E-state index in [-0.39, 0.29) is 57.0 Å². The Hall–Kier alpha value is -3.69. The molecule has 3 N–H and O–H groups in total. The first-order valence-electron chi connectivity index (χ1n) is 11.6. The van der Waals surface area contributed by atoms with Gasteiger partial charge in [0.05, 0.1) is 4.92 Å². The van der Waals surface area contributed by atoms with Gasteiger partial charge in [0.15, 0.2) is 21.1 Å². The molecular formula is C22H23N6NaO12S2. The van der Waals surface area contributed by atoms with Gasteiger partial charge in [0.25, 0.3) is 17.5 Å². The van der Waals surface area contributed by atoms with Gasteiger partial charge < -0.3 is 29.9 Å². The molecule has 1 aromatic carbocycles. The van der Waals surface area contributed by atoms with Crippen LogP contribution in [0.25, 0.3) is 0 Å². The van der Waals surface area contributed by atoms with Gasteiger partial charge in [-0.15, -0.1) is 11.3 Å². The van der Waals surface area contributed by atoms with E-state index in [1.165, 1.54) is 43.5 Å². The van der Waals surface area contributed by atoms with Gasteiger partial charge in [-0.3, -0.25) is 24.5 Å². The number of hydrogen-bond donors (Lipinski definition) is 2. The molecule has 1 aromatic heterocycles. The second kappa shape index (κ2) is 14.2. The summed E-state index contributed by atoms with van der Waals surface area (Å²) in [5.41, 5.74) is 3.41. The van der Waals surface area contributed by atoms with Crippen LogP contribution in [-0.2, 0) is 50.4 Å². The summed E-state index contributed by atoms with van der Waals surface area (Å²) in [4.78, 5) is 68.8. The van der Waals surface area contributed by atoms with Crippen LogP contribution in [0.5, 0.6) is 0 Å². The third kappa shape index (κ3) is 8.91. The number of nitrogens with one attached hydrogen (secondary N) is 1. The third-order valence-corrected chi connectivity index (χ3v) is 7.11. The molecule has 2 aromatic rings. The number of nitro benzene ring substituents is 1. The molecule has 0 unspecified atom stereocenters. The summed E-state index contributed by atoms with van der Waals surface area (Å²) in [6.45, 7) is 2.56. The van der Waals surface area contributed by atoms with Gasteiger partial charge in [-0.05, 0) is 31.5 Å². The van der Waals surface area contributed by atoms with Gasteiger partial charge in [0.1, 0.15) is 31.0 Å². The van der Waals surface area contributed by atoms with E-state index in [2.05, 4.69) is 15.5 Å². The normalized spacial score (nSPS) is 16.8. The molecule has 0 bridgehead atoms. The number of nitrogens with zero attached hydrogens (tertiary/aromatic N) is 4. The van der Waals surface area contributed by atoms with Gasteiger partial charge in [-0.2, -0.15) is 0 Å². The molecule has 226 valence electrons. The van der Waals surface area contributed by atoms with Crippen molar-refractivity contribution < 1.29 is 80.9 Å². The minimum atomic E-state index is -5.29. The van der Waals surface area contributed by atoms with Gasteiger partial charge >= 0.3 is 41.5 Å². The standard InChI is InChI=1S/C22H24N6O12S2.Na/c1-11(29)38-9-15-17(19(31)27(15)42(35,36)37)25-18(30)16(14-10-41-21(23)24-14)26-40-22(2,3)20(32)39-8-12-4-6-13(7-5-12)28(33)34;/h4-7,10,15,17H,8-9H2,1-3H3,(H2,23,24)(H,25,30)(H,35,36,37);/q;+1/p-1/t15-,17+;/m0./s1. The zero-order valence-electron chi connectivity index (χ0n) is 23.0. The Labute approximate surface area is 269 Å². The summed E-state index contributed by atoms with van der Waals surface area (Å²) >= 11 is 0.916. The number of non-ortho nitro benzene ring substituents is 1. The van der Waals surface area contributed by atoms with Crippen molar-refractivity contribution >= 4 is 61.9 Å². The van der Waals surface area contributed by atoms with E-state index in [1.807, 2.05) is 0 Å². The smallest absolute Gasteiger partial charge is 0.731 e. The fraction of sp³-hybridized carbons (Fsp3) is 0.364. The number of carbonyl (C=O) groups is 4. The number of carbonyl (C=O) groups excluding carboxylic acids is 4. The van der Waals surface area contributed by atoms with E-state index in [9.17, 15) is 42.3 Å². The fourth-order valence-corrected chi connectivity index (χ4v) is 4.76. The first-order valence-corrected chi connectivity index (χ1v) is 13.9. The number of ether oxygens (including phenoxy) is 2. The Morgan fingerprint density at radius 2 is 1.86 bits per heavy atom. The topological polar surface area (TPSA) is 263 Å². The number of amides is 2. The number of β-lactam (4-membered cyclic amide) rings is 1. The second-order valence-corrected chi connectivity index (χ2v) is 11.2. The van der Waals surface area contributed by atoms with E-state index in [0.29, 0.717) is 5.56 Å². The van der Waals surface area contributed by atoms with Crippen molar-refractivity contribution in [1.29, 1.82) is 0 Å². The number of hydrogen-bond acceptors (Lipinski definition) is 16. The van der Waals surface area contributed by atoms with Gasteiger partial charge in [-0.1, -0.05) is 5.16 Å². The summed E-state index contributed by atoms with van der Waals surface area (Å²) in [7, 11) is -5.29. The summed E-state index contributed by atoms with van der Waals surface area (Å²) < 4.78 is 44.3. The van der Waals surface area contributed by atoms with Crippen LogP contribution in [0.4, 0.5) is 10.8 Å². The third-order valence-electron chi connectivity index (χ3n) is 5.51. The number of esters is 2. The predicted octanol–water partition coefficient (Wildman–Crippen LogP) is -3.40. The Bertz CT molecular complexity index is 1540. The van der Waals surface area contributed by atoms with Crippen LogP contribution < -0.4 is 40.6 Å². The van der Waals surface area contributed by atoms with Crippen molar-refractivity contribution in [2.24, 2.45) is 5.16 Å². The quantitative estimate of drug-likeness (QED) is 0.0431. The summed E-state index contributed by atoms with van der Waals surface area (Å²) in [5.74, 6) is -4.19. The van der Waals surface area contributed by atoms with Crippen LogP contribution in [0.3, 0.4) is 0 Å². The number of rotatable bonds is 12. The molecule has 3 rings (SSSR count). The number of anilines is 1. The fourth-order valence-electron chi connectivity index (χ4n) is 3.36. The van der Waals surface area contributed by atoms with E-state index in [0.717, 1.165) is 18.3 Å². The zero-order chi connectivity index (χ0) is 31.4. The maximum absolute atomic E-state index is 13.1. The number of thiazole rings is 1. The molecule has 21 heteroatoms. The Kier molecular flexibility index (Phi) is 11.7. The molecule has 1 fully saturated rings. The molecule has 1 aliphatic rings. The molecule has 2 heterocycles. The molecular weight excluding hydrogens is 627 g/mol. The first kappa shape index (κ1) is 35.5. The van der Waals surface area contributed by atoms with Crippen molar-refractivity contribution in [3.05, 3.63) is 51.0 Å². The summed E-state index contributed by atoms with van der Waals surface area (Å²) in [5, 5.41) is 18.0. The zero-order valence-corrected chi connectivity index (χ0v) is 26.7. The van der Waals surface area contributed by atoms with Gasteiger partial charge in [0, 0.05) is 24.4 Å². The number of nitro groups is 1. The minimum Gasteiger partial charge on any atom is -0.731 e. The maximum atomic E-state index is 13.1. The van der Waals surface area contributed by atoms with Crippen molar-refractivity contribution in [2.45, 2.75) is 45.1 Å². The minimum absolute atomic E-state index is 0. The molecule has 0 saturated carbocycles. The van der Waals surface area contributed by atoms with Gasteiger partial charge in [-0.25, -0.2) is 22.5 Å². The first-order chi connectivity index (χ1) is 19.5. The average molecular weight is 651 g/mol. The summed E-state index contributed by atoms with van der Waals surface area (Å²) in [6, 6.07) is 2.09. The number of aromatic nitrogens is 1. The summed E-state index contributed by atoms with van der Waals surface area (Å²) in [6.07, 6.45) is 0. The Morgan fingerprint density at radius 1 is 1.23 bits per heavy atom. The van der Waals surface area contributed by atoms with Crippen LogP contribution >= 0.6 is 11.3 Å². The molecule has 0 radical (unpaired) electrons. The second-order valence-electron chi connectivity index (χ2n) is 9.02. The Balaban J connectivity index is 0.00000645. The monoisotopic (exact) mass is 650 g/mol. The maximum Gasteiger partial charge on any atom is 1.00 e. The molecule has 1 aliphatic heterocycles. The molecule has 43 heavy (non-hydrogen) atoms. The molecule has 18 nitrogen and oxygen atoms in total. The van der Waals surface area contributed by atoms with E-state index in [4.69, 9.17) is 20.0 Å². The largest absolute Gasteiger partial charge is 1.00 e. The molecule has 0 spiro atoms. The SMILES string of the molecule is CC(=O)OC[C@H]1[C@@H](NC(=O)C(=NOC(C)(C)C(=O)OCc2ccc([N+](=O)[O-])cc2)c2csc(N)n2)C(=O)N1S(=O)(=O)[O-].[Na+]. The number of nitrogens with two attached hydrogens (primary N) is 1. The Morgan fingerprint density at radius 3 is 2.37 bits per heavy atom. The number of nitrogen functional groups attached to an aromatic ring is 1. The van der Waals surface area contributed by atoms with Crippen molar-refractivity contribution in [1.82, 2.24) is 14.6 Å². The molecule has 2 atom stereocenters. The van der Waals surface area contributed by atoms with Crippen molar-refractivity contribution in [3.63, 3.8) is 0 Å². The molecule has 1 saturated heterocycles. The predicted molar refractivity (Wildman–Crippen MR) is 140 cm³/mol. The average Bonchev–Trinajstić information content (AvgIpc) is 3.32. The van der Waals surface area contributed by atoms with Crippen LogP contribution in [0.15, 0.2) is 34.8 Å². The van der Waals surface area contributed by atoms with E-state index >= 15 is 0 Å². The van der Waals surface area contributed by atoms with Crippen molar-refractivity contribution in [3.8, 4) is 0 Å². The van der Waals surface area contributed by atoms with E-state index in [1.54, 1.807) is 0 Å². The van der Waals surface area contributed by atoms with E-state index < -0.39 is 69.0 Å². The number of benzene rings is 1. The van der Waals surface area contributed by atoms with Crippen LogP contribution in [0, 0.1) is 10.1 Å².